The summed E-state index contributed by atoms with van der Waals surface area (Å²) in [6.07, 6.45) is 5.07. The molecule has 0 radical (unpaired) electrons. The third-order valence-corrected chi connectivity index (χ3v) is 5.35. The summed E-state index contributed by atoms with van der Waals surface area (Å²) in [4.78, 5) is 18.7. The maximum absolute atomic E-state index is 13.1. The number of rotatable bonds is 5. The highest BCUT2D eigenvalue weighted by Gasteiger charge is 2.22. The topological polar surface area (TPSA) is 63.1 Å². The molecule has 0 aliphatic carbocycles. The number of halogens is 1. The standard InChI is InChI=1S/C22H24FN5O/c1-27-20(13-21(26-27)16-4-6-18(23)7-5-16)15-28-11-8-19(9-12-28)25-22(29)17-3-2-10-24-14-17/h2-7,10,13-14,19H,8-9,11-12,15H2,1H3,(H,25,29). The van der Waals surface area contributed by atoms with Crippen molar-refractivity contribution < 1.29 is 9.18 Å². The first-order valence-corrected chi connectivity index (χ1v) is 9.80. The number of aryl methyl sites for hydroxylation is 1. The van der Waals surface area contributed by atoms with Crippen molar-refractivity contribution >= 4 is 5.91 Å². The summed E-state index contributed by atoms with van der Waals surface area (Å²) < 4.78 is 15.0. The maximum Gasteiger partial charge on any atom is 0.253 e. The lowest BCUT2D eigenvalue weighted by atomic mass is 10.0. The molecule has 3 aromatic rings. The van der Waals surface area contributed by atoms with Crippen LogP contribution in [0.25, 0.3) is 11.3 Å². The molecule has 1 fully saturated rings. The van der Waals surface area contributed by atoms with Crippen LogP contribution < -0.4 is 5.32 Å². The van der Waals surface area contributed by atoms with E-state index in [0.717, 1.165) is 49.4 Å². The first kappa shape index (κ1) is 19.3. The first-order valence-electron chi connectivity index (χ1n) is 9.80. The van der Waals surface area contributed by atoms with Gasteiger partial charge in [0.1, 0.15) is 5.82 Å². The molecular weight excluding hydrogens is 369 g/mol. The van der Waals surface area contributed by atoms with Crippen molar-refractivity contribution in [2.75, 3.05) is 13.1 Å². The van der Waals surface area contributed by atoms with Gasteiger partial charge in [0.25, 0.3) is 5.91 Å². The Hall–Kier alpha value is -3.06. The van der Waals surface area contributed by atoms with Crippen LogP contribution in [0.15, 0.2) is 54.9 Å². The molecule has 1 aliphatic rings. The molecule has 29 heavy (non-hydrogen) atoms. The van der Waals surface area contributed by atoms with Gasteiger partial charge in [-0.05, 0) is 55.3 Å². The lowest BCUT2D eigenvalue weighted by Gasteiger charge is -2.32. The van der Waals surface area contributed by atoms with Crippen LogP contribution in [0.4, 0.5) is 4.39 Å². The number of hydrogen-bond acceptors (Lipinski definition) is 4. The molecule has 2 aromatic heterocycles. The zero-order chi connectivity index (χ0) is 20.2. The second-order valence-corrected chi connectivity index (χ2v) is 7.42. The minimum atomic E-state index is -0.247. The Morgan fingerprint density at radius 1 is 1.21 bits per heavy atom. The number of likely N-dealkylation sites (tertiary alicyclic amines) is 1. The van der Waals surface area contributed by atoms with E-state index in [1.165, 1.54) is 12.1 Å². The van der Waals surface area contributed by atoms with Crippen molar-refractivity contribution in [1.29, 1.82) is 0 Å². The molecule has 0 bridgehead atoms. The number of nitrogens with one attached hydrogen (secondary N) is 1. The molecule has 7 heteroatoms. The Bertz CT molecular complexity index is 963. The fraction of sp³-hybridized carbons (Fsp3) is 0.318. The summed E-state index contributed by atoms with van der Waals surface area (Å²) in [5.74, 6) is -0.310. The number of piperidine rings is 1. The van der Waals surface area contributed by atoms with Gasteiger partial charge in [-0.3, -0.25) is 19.4 Å². The van der Waals surface area contributed by atoms with Crippen molar-refractivity contribution in [3.63, 3.8) is 0 Å². The van der Waals surface area contributed by atoms with E-state index in [4.69, 9.17) is 0 Å². The van der Waals surface area contributed by atoms with E-state index < -0.39 is 0 Å². The number of nitrogens with zero attached hydrogens (tertiary/aromatic N) is 4. The molecule has 0 atom stereocenters. The molecule has 0 saturated carbocycles. The summed E-state index contributed by atoms with van der Waals surface area (Å²) in [6.45, 7) is 2.62. The van der Waals surface area contributed by atoms with E-state index in [1.54, 1.807) is 36.7 Å². The van der Waals surface area contributed by atoms with Crippen LogP contribution in [0.2, 0.25) is 0 Å². The Balaban J connectivity index is 1.32. The lowest BCUT2D eigenvalue weighted by molar-refractivity contribution is 0.0908. The predicted molar refractivity (Wildman–Crippen MR) is 109 cm³/mol. The van der Waals surface area contributed by atoms with E-state index in [-0.39, 0.29) is 17.8 Å². The largest absolute Gasteiger partial charge is 0.349 e. The van der Waals surface area contributed by atoms with Crippen LogP contribution in [-0.2, 0) is 13.6 Å². The number of carbonyl (C=O) groups is 1. The molecular formula is C22H24FN5O. The third kappa shape index (κ3) is 4.68. The molecule has 0 spiro atoms. The molecule has 1 aliphatic heterocycles. The van der Waals surface area contributed by atoms with Gasteiger partial charge < -0.3 is 5.32 Å². The number of amides is 1. The zero-order valence-electron chi connectivity index (χ0n) is 16.4. The van der Waals surface area contributed by atoms with Crippen molar-refractivity contribution in [2.24, 2.45) is 7.05 Å². The van der Waals surface area contributed by atoms with Gasteiger partial charge in [0, 0.05) is 50.7 Å². The van der Waals surface area contributed by atoms with Gasteiger partial charge in [-0.2, -0.15) is 5.10 Å². The molecule has 1 saturated heterocycles. The average Bonchev–Trinajstić information content (AvgIpc) is 3.11. The smallest absolute Gasteiger partial charge is 0.253 e. The molecule has 1 N–H and O–H groups in total. The van der Waals surface area contributed by atoms with Gasteiger partial charge in [-0.1, -0.05) is 0 Å². The van der Waals surface area contributed by atoms with Gasteiger partial charge in [0.15, 0.2) is 0 Å². The highest BCUT2D eigenvalue weighted by atomic mass is 19.1. The second-order valence-electron chi connectivity index (χ2n) is 7.42. The minimum Gasteiger partial charge on any atom is -0.349 e. The van der Waals surface area contributed by atoms with E-state index in [9.17, 15) is 9.18 Å². The van der Waals surface area contributed by atoms with E-state index in [2.05, 4.69) is 26.4 Å². The number of hydrogen-bond donors (Lipinski definition) is 1. The number of pyridine rings is 1. The fourth-order valence-electron chi connectivity index (χ4n) is 3.65. The van der Waals surface area contributed by atoms with Crippen molar-refractivity contribution in [3.8, 4) is 11.3 Å². The number of carbonyl (C=O) groups excluding carboxylic acids is 1. The maximum atomic E-state index is 13.1. The van der Waals surface area contributed by atoms with Crippen LogP contribution >= 0.6 is 0 Å². The quantitative estimate of drug-likeness (QED) is 0.724. The van der Waals surface area contributed by atoms with Crippen LogP contribution in [0, 0.1) is 5.82 Å². The van der Waals surface area contributed by atoms with Crippen molar-refractivity contribution in [3.05, 3.63) is 71.9 Å². The minimum absolute atomic E-state index is 0.0628. The Morgan fingerprint density at radius 3 is 2.66 bits per heavy atom. The summed E-state index contributed by atoms with van der Waals surface area (Å²) in [5, 5.41) is 7.68. The molecule has 6 nitrogen and oxygen atoms in total. The molecule has 1 amide bonds. The van der Waals surface area contributed by atoms with Gasteiger partial charge >= 0.3 is 0 Å². The number of aromatic nitrogens is 3. The van der Waals surface area contributed by atoms with Crippen molar-refractivity contribution in [1.82, 2.24) is 25.0 Å². The summed E-state index contributed by atoms with van der Waals surface area (Å²) in [7, 11) is 1.93. The third-order valence-electron chi connectivity index (χ3n) is 5.35. The summed E-state index contributed by atoms with van der Waals surface area (Å²) in [5.41, 5.74) is 3.46. The highest BCUT2D eigenvalue weighted by Crippen LogP contribution is 2.21. The molecule has 0 unspecified atom stereocenters. The van der Waals surface area contributed by atoms with Gasteiger partial charge in [-0.25, -0.2) is 4.39 Å². The fourth-order valence-corrected chi connectivity index (χ4v) is 3.65. The van der Waals surface area contributed by atoms with Gasteiger partial charge in [-0.15, -0.1) is 0 Å². The molecule has 1 aromatic carbocycles. The summed E-state index contributed by atoms with van der Waals surface area (Å²) >= 11 is 0. The first-order chi connectivity index (χ1) is 14.1. The second kappa shape index (κ2) is 8.53. The number of benzene rings is 1. The Kier molecular flexibility index (Phi) is 5.67. The predicted octanol–water partition coefficient (Wildman–Crippen LogP) is 3.02. The van der Waals surface area contributed by atoms with Gasteiger partial charge in [0.2, 0.25) is 0 Å². The highest BCUT2D eigenvalue weighted by molar-refractivity contribution is 5.94. The molecule has 3 heterocycles. The monoisotopic (exact) mass is 393 g/mol. The Morgan fingerprint density at radius 2 is 1.97 bits per heavy atom. The van der Waals surface area contributed by atoms with Crippen LogP contribution in [-0.4, -0.2) is 44.7 Å². The van der Waals surface area contributed by atoms with Crippen LogP contribution in [0.1, 0.15) is 28.9 Å². The van der Waals surface area contributed by atoms with Crippen LogP contribution in [0.3, 0.4) is 0 Å². The van der Waals surface area contributed by atoms with E-state index in [1.807, 2.05) is 11.7 Å². The SMILES string of the molecule is Cn1nc(-c2ccc(F)cc2)cc1CN1CCC(NC(=O)c2cccnc2)CC1. The average molecular weight is 393 g/mol. The van der Waals surface area contributed by atoms with Gasteiger partial charge in [0.05, 0.1) is 17.0 Å². The van der Waals surface area contributed by atoms with Crippen molar-refractivity contribution in [2.45, 2.75) is 25.4 Å². The molecule has 4 rings (SSSR count). The zero-order valence-corrected chi connectivity index (χ0v) is 16.4. The molecule has 150 valence electrons. The van der Waals surface area contributed by atoms with Crippen LogP contribution in [0.5, 0.6) is 0 Å². The summed E-state index contributed by atoms with van der Waals surface area (Å²) in [6, 6.07) is 12.2. The lowest BCUT2D eigenvalue weighted by Crippen LogP contribution is -2.44. The van der Waals surface area contributed by atoms with E-state index >= 15 is 0 Å². The Labute approximate surface area is 169 Å². The normalized spacial score (nSPS) is 15.4. The van der Waals surface area contributed by atoms with E-state index in [0.29, 0.717) is 5.56 Å².